The maximum atomic E-state index is 12.7. The van der Waals surface area contributed by atoms with Crippen LogP contribution < -0.4 is 0 Å². The molecule has 0 saturated carbocycles. The zero-order valence-corrected chi connectivity index (χ0v) is 14.5. The van der Waals surface area contributed by atoms with Gasteiger partial charge < -0.3 is 10.0 Å². The standard InChI is InChI=1S/C17H19N3O3S/c1-10-11(2)24-15(19-10)13-4-3-7-20(9-13)16(21)12-5-6-14(17(22)23)18-8-12/h5-6,8,13H,3-4,7,9H2,1-2H3,(H,22,23). The molecule has 0 aromatic carbocycles. The van der Waals surface area contributed by atoms with Crippen molar-refractivity contribution in [1.29, 1.82) is 0 Å². The van der Waals surface area contributed by atoms with Crippen LogP contribution in [0.15, 0.2) is 18.3 Å². The number of piperidine rings is 1. The molecule has 2 aromatic rings. The molecule has 0 bridgehead atoms. The van der Waals surface area contributed by atoms with Gasteiger partial charge in [0, 0.05) is 30.1 Å². The minimum atomic E-state index is -1.10. The molecule has 0 aliphatic carbocycles. The minimum absolute atomic E-state index is 0.0585. The topological polar surface area (TPSA) is 83.4 Å². The third-order valence-electron chi connectivity index (χ3n) is 4.33. The van der Waals surface area contributed by atoms with Gasteiger partial charge in [-0.05, 0) is 38.8 Å². The van der Waals surface area contributed by atoms with Crippen LogP contribution in [0, 0.1) is 13.8 Å². The van der Waals surface area contributed by atoms with Crippen LogP contribution in [0.1, 0.15) is 55.2 Å². The number of hydrogen-bond donors (Lipinski definition) is 1. The van der Waals surface area contributed by atoms with Crippen LogP contribution in [0.3, 0.4) is 0 Å². The number of nitrogens with zero attached hydrogens (tertiary/aromatic N) is 3. The van der Waals surface area contributed by atoms with Gasteiger partial charge in [0.25, 0.3) is 5.91 Å². The predicted molar refractivity (Wildman–Crippen MR) is 90.7 cm³/mol. The molecule has 1 saturated heterocycles. The second-order valence-electron chi connectivity index (χ2n) is 6.02. The second-order valence-corrected chi connectivity index (χ2v) is 7.26. The molecule has 2 aromatic heterocycles. The van der Waals surface area contributed by atoms with Crippen LogP contribution in [0.25, 0.3) is 0 Å². The molecule has 0 spiro atoms. The van der Waals surface area contributed by atoms with Crippen molar-refractivity contribution in [3.05, 3.63) is 45.2 Å². The van der Waals surface area contributed by atoms with Crippen molar-refractivity contribution in [2.24, 2.45) is 0 Å². The van der Waals surface area contributed by atoms with Crippen molar-refractivity contribution >= 4 is 23.2 Å². The molecule has 1 atom stereocenters. The first-order valence-corrected chi connectivity index (χ1v) is 8.70. The van der Waals surface area contributed by atoms with Crippen LogP contribution in [0.2, 0.25) is 0 Å². The van der Waals surface area contributed by atoms with E-state index in [1.807, 2.05) is 11.8 Å². The number of amides is 1. The molecule has 1 aliphatic heterocycles. The quantitative estimate of drug-likeness (QED) is 0.925. The third kappa shape index (κ3) is 3.31. The van der Waals surface area contributed by atoms with Crippen molar-refractivity contribution in [3.8, 4) is 0 Å². The number of aromatic nitrogens is 2. The highest BCUT2D eigenvalue weighted by molar-refractivity contribution is 7.11. The Morgan fingerprint density at radius 3 is 2.71 bits per heavy atom. The lowest BCUT2D eigenvalue weighted by atomic mass is 9.98. The molecular formula is C17H19N3O3S. The Bertz CT molecular complexity index is 750. The molecule has 6 nitrogen and oxygen atoms in total. The lowest BCUT2D eigenvalue weighted by Gasteiger charge is -2.31. The van der Waals surface area contributed by atoms with Gasteiger partial charge in [0.05, 0.1) is 16.3 Å². The van der Waals surface area contributed by atoms with Gasteiger partial charge in [0.1, 0.15) is 5.69 Å². The summed E-state index contributed by atoms with van der Waals surface area (Å²) >= 11 is 1.71. The fourth-order valence-electron chi connectivity index (χ4n) is 2.86. The Morgan fingerprint density at radius 1 is 1.33 bits per heavy atom. The van der Waals surface area contributed by atoms with E-state index in [-0.39, 0.29) is 17.5 Å². The van der Waals surface area contributed by atoms with E-state index in [4.69, 9.17) is 5.11 Å². The number of thiazole rings is 1. The van der Waals surface area contributed by atoms with Gasteiger partial charge in [-0.1, -0.05) is 0 Å². The summed E-state index contributed by atoms with van der Waals surface area (Å²) in [7, 11) is 0. The summed E-state index contributed by atoms with van der Waals surface area (Å²) in [5.41, 5.74) is 1.43. The summed E-state index contributed by atoms with van der Waals surface area (Å²) < 4.78 is 0. The van der Waals surface area contributed by atoms with E-state index in [0.717, 1.165) is 23.5 Å². The SMILES string of the molecule is Cc1nc(C2CCCN(C(=O)c3ccc(C(=O)O)nc3)C2)sc1C. The molecule has 3 rings (SSSR count). The van der Waals surface area contributed by atoms with E-state index < -0.39 is 5.97 Å². The molecule has 1 unspecified atom stereocenters. The predicted octanol–water partition coefficient (Wildman–Crippen LogP) is 2.87. The summed E-state index contributed by atoms with van der Waals surface area (Å²) in [6.07, 6.45) is 3.31. The zero-order chi connectivity index (χ0) is 17.3. The lowest BCUT2D eigenvalue weighted by Crippen LogP contribution is -2.39. The van der Waals surface area contributed by atoms with Gasteiger partial charge in [-0.25, -0.2) is 14.8 Å². The molecule has 1 amide bonds. The van der Waals surface area contributed by atoms with Gasteiger partial charge in [-0.3, -0.25) is 4.79 Å². The first kappa shape index (κ1) is 16.6. The highest BCUT2D eigenvalue weighted by Gasteiger charge is 2.27. The van der Waals surface area contributed by atoms with E-state index in [2.05, 4.69) is 16.9 Å². The third-order valence-corrected chi connectivity index (χ3v) is 5.57. The number of rotatable bonds is 3. The Kier molecular flexibility index (Phi) is 4.62. The molecule has 0 radical (unpaired) electrons. The fraction of sp³-hybridized carbons (Fsp3) is 0.412. The summed E-state index contributed by atoms with van der Waals surface area (Å²) in [5, 5.41) is 9.98. The first-order chi connectivity index (χ1) is 11.5. The second kappa shape index (κ2) is 6.68. The maximum absolute atomic E-state index is 12.7. The minimum Gasteiger partial charge on any atom is -0.477 e. The average molecular weight is 345 g/mol. The summed E-state index contributed by atoms with van der Waals surface area (Å²) in [4.78, 5) is 35.0. The van der Waals surface area contributed by atoms with Crippen molar-refractivity contribution in [2.75, 3.05) is 13.1 Å². The van der Waals surface area contributed by atoms with E-state index >= 15 is 0 Å². The number of carboxylic acids is 1. The Balaban J connectivity index is 1.74. The lowest BCUT2D eigenvalue weighted by molar-refractivity contribution is 0.0681. The normalized spacial score (nSPS) is 17.8. The Labute approximate surface area is 144 Å². The van der Waals surface area contributed by atoms with Crippen molar-refractivity contribution in [1.82, 2.24) is 14.9 Å². The van der Waals surface area contributed by atoms with E-state index in [1.165, 1.54) is 23.2 Å². The van der Waals surface area contributed by atoms with Crippen molar-refractivity contribution in [2.45, 2.75) is 32.6 Å². The van der Waals surface area contributed by atoms with Gasteiger partial charge in [0.15, 0.2) is 0 Å². The van der Waals surface area contributed by atoms with Crippen LogP contribution in [-0.2, 0) is 0 Å². The molecular weight excluding hydrogens is 326 g/mol. The summed E-state index contributed by atoms with van der Waals surface area (Å²) in [6.45, 7) is 5.43. The number of pyridine rings is 1. The number of carbonyl (C=O) groups excluding carboxylic acids is 1. The van der Waals surface area contributed by atoms with E-state index in [0.29, 0.717) is 18.7 Å². The molecule has 24 heavy (non-hydrogen) atoms. The fourth-order valence-corrected chi connectivity index (χ4v) is 3.91. The van der Waals surface area contributed by atoms with Crippen LogP contribution in [0.5, 0.6) is 0 Å². The van der Waals surface area contributed by atoms with E-state index in [1.54, 1.807) is 11.3 Å². The number of carboxylic acid groups (broad SMARTS) is 1. The summed E-state index contributed by atoms with van der Waals surface area (Å²) in [6, 6.07) is 2.89. The zero-order valence-electron chi connectivity index (χ0n) is 13.7. The molecule has 126 valence electrons. The Hall–Kier alpha value is -2.28. The molecule has 1 N–H and O–H groups in total. The number of hydrogen-bond acceptors (Lipinski definition) is 5. The smallest absolute Gasteiger partial charge is 0.354 e. The molecule has 3 heterocycles. The molecule has 7 heteroatoms. The first-order valence-electron chi connectivity index (χ1n) is 7.88. The average Bonchev–Trinajstić information content (AvgIpc) is 2.93. The van der Waals surface area contributed by atoms with Crippen molar-refractivity contribution < 1.29 is 14.7 Å². The highest BCUT2D eigenvalue weighted by atomic mass is 32.1. The highest BCUT2D eigenvalue weighted by Crippen LogP contribution is 2.31. The van der Waals surface area contributed by atoms with Crippen molar-refractivity contribution in [3.63, 3.8) is 0 Å². The number of aromatic carboxylic acids is 1. The van der Waals surface area contributed by atoms with Gasteiger partial charge in [0.2, 0.25) is 0 Å². The molecule has 1 fully saturated rings. The van der Waals surface area contributed by atoms with Crippen LogP contribution >= 0.6 is 11.3 Å². The largest absolute Gasteiger partial charge is 0.477 e. The van der Waals surface area contributed by atoms with Crippen LogP contribution in [0.4, 0.5) is 0 Å². The maximum Gasteiger partial charge on any atom is 0.354 e. The van der Waals surface area contributed by atoms with Crippen LogP contribution in [-0.4, -0.2) is 44.9 Å². The number of aryl methyl sites for hydroxylation is 2. The number of carbonyl (C=O) groups is 2. The Morgan fingerprint density at radius 2 is 2.12 bits per heavy atom. The molecule has 1 aliphatic rings. The summed E-state index contributed by atoms with van der Waals surface area (Å²) in [5.74, 6) is -0.929. The number of likely N-dealkylation sites (tertiary alicyclic amines) is 1. The van der Waals surface area contributed by atoms with Gasteiger partial charge in [-0.2, -0.15) is 0 Å². The van der Waals surface area contributed by atoms with E-state index in [9.17, 15) is 9.59 Å². The van der Waals surface area contributed by atoms with Gasteiger partial charge in [-0.15, -0.1) is 11.3 Å². The van der Waals surface area contributed by atoms with Gasteiger partial charge >= 0.3 is 5.97 Å². The monoisotopic (exact) mass is 345 g/mol.